The van der Waals surface area contributed by atoms with Crippen LogP contribution in [-0.2, 0) is 23.6 Å². The van der Waals surface area contributed by atoms with Gasteiger partial charge in [-0.1, -0.05) is 6.07 Å². The van der Waals surface area contributed by atoms with Crippen LogP contribution >= 0.6 is 0 Å². The lowest BCUT2D eigenvalue weighted by Crippen LogP contribution is -2.29. The fraction of sp³-hybridized carbons (Fsp3) is 0.333. The van der Waals surface area contributed by atoms with E-state index in [1.54, 1.807) is 35.9 Å². The van der Waals surface area contributed by atoms with E-state index in [1.165, 1.54) is 6.33 Å². The van der Waals surface area contributed by atoms with Gasteiger partial charge >= 0.3 is 0 Å². The van der Waals surface area contributed by atoms with Gasteiger partial charge in [-0.3, -0.25) is 0 Å². The van der Waals surface area contributed by atoms with E-state index >= 15 is 0 Å². The predicted octanol–water partition coefficient (Wildman–Crippen LogP) is -0.104. The number of hydrogen-bond donors (Lipinski definition) is 2. The Morgan fingerprint density at radius 1 is 1.43 bits per heavy atom. The summed E-state index contributed by atoms with van der Waals surface area (Å²) < 4.78 is 33.1. The van der Waals surface area contributed by atoms with Gasteiger partial charge in [0.2, 0.25) is 10.0 Å². The van der Waals surface area contributed by atoms with E-state index in [4.69, 9.17) is 10.5 Å². The summed E-state index contributed by atoms with van der Waals surface area (Å²) in [5, 5.41) is 7.47. The zero-order valence-corrected chi connectivity index (χ0v) is 12.4. The molecule has 0 unspecified atom stereocenters. The van der Waals surface area contributed by atoms with Gasteiger partial charge in [-0.15, -0.1) is 10.2 Å². The Morgan fingerprint density at radius 3 is 2.90 bits per heavy atom. The van der Waals surface area contributed by atoms with E-state index in [-0.39, 0.29) is 18.9 Å². The molecule has 0 radical (unpaired) electrons. The Balaban J connectivity index is 1.80. The first-order chi connectivity index (χ1) is 9.96. The van der Waals surface area contributed by atoms with E-state index in [0.717, 1.165) is 0 Å². The summed E-state index contributed by atoms with van der Waals surface area (Å²) in [5.41, 5.74) is 6.17. The van der Waals surface area contributed by atoms with Crippen LogP contribution in [0.5, 0.6) is 5.75 Å². The first-order valence-electron chi connectivity index (χ1n) is 6.25. The van der Waals surface area contributed by atoms with Crippen molar-refractivity contribution in [2.45, 2.75) is 6.54 Å². The minimum Gasteiger partial charge on any atom is -0.492 e. The molecule has 0 aliphatic rings. The number of nitrogens with one attached hydrogen (secondary N) is 1. The number of nitrogens with two attached hydrogens (primary N) is 1. The molecule has 1 heterocycles. The molecule has 21 heavy (non-hydrogen) atoms. The SMILES string of the molecule is Cn1cnnc1CNS(=O)(=O)CCOc1cccc(N)c1. The molecule has 114 valence electrons. The van der Waals surface area contributed by atoms with Crippen molar-refractivity contribution in [3.05, 3.63) is 36.4 Å². The zero-order chi connectivity index (χ0) is 15.3. The van der Waals surface area contributed by atoms with Gasteiger partial charge in [0.05, 0.1) is 12.3 Å². The lowest BCUT2D eigenvalue weighted by molar-refractivity contribution is 0.340. The molecule has 0 aliphatic heterocycles. The molecule has 1 aromatic heterocycles. The van der Waals surface area contributed by atoms with Gasteiger partial charge in [0.1, 0.15) is 24.5 Å². The van der Waals surface area contributed by atoms with Crippen molar-refractivity contribution in [2.24, 2.45) is 7.05 Å². The molecule has 1 aromatic carbocycles. The second-order valence-electron chi connectivity index (χ2n) is 4.42. The van der Waals surface area contributed by atoms with Crippen molar-refractivity contribution < 1.29 is 13.2 Å². The third-order valence-electron chi connectivity index (χ3n) is 2.73. The van der Waals surface area contributed by atoms with Gasteiger partial charge in [-0.2, -0.15) is 0 Å². The number of rotatable bonds is 7. The van der Waals surface area contributed by atoms with Gasteiger partial charge in [0.15, 0.2) is 0 Å². The van der Waals surface area contributed by atoms with Crippen molar-refractivity contribution in [3.8, 4) is 5.75 Å². The number of benzene rings is 1. The highest BCUT2D eigenvalue weighted by Crippen LogP contribution is 2.14. The van der Waals surface area contributed by atoms with Crippen LogP contribution in [0.1, 0.15) is 5.82 Å². The van der Waals surface area contributed by atoms with E-state index in [9.17, 15) is 8.42 Å². The smallest absolute Gasteiger partial charge is 0.215 e. The summed E-state index contributed by atoms with van der Waals surface area (Å²) in [6.07, 6.45) is 1.51. The Bertz CT molecular complexity index is 698. The van der Waals surface area contributed by atoms with E-state index in [1.807, 2.05) is 0 Å². The highest BCUT2D eigenvalue weighted by molar-refractivity contribution is 7.89. The molecular formula is C12H17N5O3S. The standard InChI is InChI=1S/C12H17N5O3S/c1-17-9-14-16-12(17)8-15-21(18,19)6-5-20-11-4-2-3-10(13)7-11/h2-4,7,9,15H,5-6,8,13H2,1H3. The molecule has 8 nitrogen and oxygen atoms in total. The van der Waals surface area contributed by atoms with Crippen molar-refractivity contribution in [1.29, 1.82) is 0 Å². The summed E-state index contributed by atoms with van der Waals surface area (Å²) >= 11 is 0. The van der Waals surface area contributed by atoms with Gasteiger partial charge in [0.25, 0.3) is 0 Å². The topological polar surface area (TPSA) is 112 Å². The highest BCUT2D eigenvalue weighted by atomic mass is 32.2. The highest BCUT2D eigenvalue weighted by Gasteiger charge is 2.12. The van der Waals surface area contributed by atoms with Crippen LogP contribution in [0, 0.1) is 0 Å². The number of ether oxygens (including phenoxy) is 1. The first-order valence-corrected chi connectivity index (χ1v) is 7.90. The summed E-state index contributed by atoms with van der Waals surface area (Å²) in [6.45, 7) is 0.134. The largest absolute Gasteiger partial charge is 0.492 e. The maximum atomic E-state index is 11.8. The van der Waals surface area contributed by atoms with Crippen LogP contribution in [-0.4, -0.2) is 35.5 Å². The van der Waals surface area contributed by atoms with Crippen molar-refractivity contribution in [2.75, 3.05) is 18.1 Å². The van der Waals surface area contributed by atoms with E-state index < -0.39 is 10.0 Å². The number of nitrogens with zero attached hydrogens (tertiary/aromatic N) is 3. The average molecular weight is 311 g/mol. The van der Waals surface area contributed by atoms with Crippen molar-refractivity contribution >= 4 is 15.7 Å². The second-order valence-corrected chi connectivity index (χ2v) is 6.35. The van der Waals surface area contributed by atoms with Crippen LogP contribution in [0.4, 0.5) is 5.69 Å². The molecule has 0 saturated carbocycles. The number of anilines is 1. The van der Waals surface area contributed by atoms with E-state index in [2.05, 4.69) is 14.9 Å². The number of nitrogen functional groups attached to an aromatic ring is 1. The van der Waals surface area contributed by atoms with Crippen LogP contribution in [0.2, 0.25) is 0 Å². The summed E-state index contributed by atoms with van der Waals surface area (Å²) in [7, 11) is -1.70. The third-order valence-corrected chi connectivity index (χ3v) is 4.02. The van der Waals surface area contributed by atoms with Crippen molar-refractivity contribution in [1.82, 2.24) is 19.5 Å². The fourth-order valence-electron chi connectivity index (χ4n) is 1.59. The summed E-state index contributed by atoms with van der Waals surface area (Å²) in [4.78, 5) is 0. The van der Waals surface area contributed by atoms with Gasteiger partial charge < -0.3 is 15.0 Å². The minimum atomic E-state index is -3.44. The third kappa shape index (κ3) is 4.72. The molecule has 3 N–H and O–H groups in total. The van der Waals surface area contributed by atoms with Crippen LogP contribution < -0.4 is 15.2 Å². The molecule has 2 rings (SSSR count). The van der Waals surface area contributed by atoms with Crippen LogP contribution in [0.3, 0.4) is 0 Å². The van der Waals surface area contributed by atoms with Gasteiger partial charge in [-0.05, 0) is 12.1 Å². The maximum Gasteiger partial charge on any atom is 0.215 e. The summed E-state index contributed by atoms with van der Waals surface area (Å²) in [6, 6.07) is 6.83. The lowest BCUT2D eigenvalue weighted by atomic mass is 10.3. The fourth-order valence-corrected chi connectivity index (χ4v) is 2.38. The molecule has 9 heteroatoms. The molecule has 2 aromatic rings. The Labute approximate surface area is 123 Å². The van der Waals surface area contributed by atoms with Crippen LogP contribution in [0.25, 0.3) is 0 Å². The zero-order valence-electron chi connectivity index (χ0n) is 11.6. The van der Waals surface area contributed by atoms with Crippen molar-refractivity contribution in [3.63, 3.8) is 0 Å². The first kappa shape index (κ1) is 15.3. The molecule has 0 spiro atoms. The number of aryl methyl sites for hydroxylation is 1. The van der Waals surface area contributed by atoms with Crippen LogP contribution in [0.15, 0.2) is 30.6 Å². The molecule has 0 bridgehead atoms. The quantitative estimate of drug-likeness (QED) is 0.690. The number of aromatic nitrogens is 3. The molecular weight excluding hydrogens is 294 g/mol. The molecule has 0 aliphatic carbocycles. The Hall–Kier alpha value is -2.13. The summed E-state index contributed by atoms with van der Waals surface area (Å²) in [5.74, 6) is 0.924. The monoisotopic (exact) mass is 311 g/mol. The minimum absolute atomic E-state index is 0.0393. The van der Waals surface area contributed by atoms with Gasteiger partial charge in [0, 0.05) is 18.8 Å². The number of sulfonamides is 1. The second kappa shape index (κ2) is 6.55. The molecule has 0 fully saturated rings. The van der Waals surface area contributed by atoms with E-state index in [0.29, 0.717) is 17.3 Å². The Morgan fingerprint density at radius 2 is 2.24 bits per heavy atom. The predicted molar refractivity (Wildman–Crippen MR) is 78.0 cm³/mol. The maximum absolute atomic E-state index is 11.8. The molecule has 0 saturated heterocycles. The molecule has 0 atom stereocenters. The average Bonchev–Trinajstić information content (AvgIpc) is 2.82. The lowest BCUT2D eigenvalue weighted by Gasteiger charge is -2.08. The molecule has 0 amide bonds. The van der Waals surface area contributed by atoms with Gasteiger partial charge in [-0.25, -0.2) is 13.1 Å². The number of hydrogen-bond acceptors (Lipinski definition) is 6. The Kier molecular flexibility index (Phi) is 4.76. The normalized spacial score (nSPS) is 11.5.